The predicted octanol–water partition coefficient (Wildman–Crippen LogP) is 1.80. The van der Waals surface area contributed by atoms with Gasteiger partial charge in [-0.05, 0) is 18.2 Å². The van der Waals surface area contributed by atoms with Gasteiger partial charge in [0.2, 0.25) is 0 Å². The Morgan fingerprint density at radius 1 is 1.22 bits per heavy atom. The number of hydrogen-bond acceptors (Lipinski definition) is 3. The fraction of sp³-hybridized carbons (Fsp3) is 0.429. The van der Waals surface area contributed by atoms with Crippen LogP contribution in [0.15, 0.2) is 30.5 Å². The molecule has 4 heteroatoms. The van der Waals surface area contributed by atoms with E-state index in [2.05, 4.69) is 17.1 Å². The molecule has 0 saturated carbocycles. The first-order valence-electron chi connectivity index (χ1n) is 6.36. The van der Waals surface area contributed by atoms with Crippen molar-refractivity contribution in [3.05, 3.63) is 36.0 Å². The molecule has 3 rings (SSSR count). The molecule has 0 radical (unpaired) electrons. The molecule has 96 valence electrons. The van der Waals surface area contributed by atoms with Gasteiger partial charge >= 0.3 is 0 Å². The van der Waals surface area contributed by atoms with Gasteiger partial charge in [0.15, 0.2) is 5.79 Å². The summed E-state index contributed by atoms with van der Waals surface area (Å²) < 4.78 is 11.6. The third-order valence-corrected chi connectivity index (χ3v) is 3.47. The summed E-state index contributed by atoms with van der Waals surface area (Å²) in [6, 6.07) is 8.27. The summed E-state index contributed by atoms with van der Waals surface area (Å²) in [5, 5.41) is 1.23. The van der Waals surface area contributed by atoms with E-state index in [1.54, 1.807) is 0 Å². The van der Waals surface area contributed by atoms with Gasteiger partial charge in [-0.1, -0.05) is 18.2 Å². The quantitative estimate of drug-likeness (QED) is 0.864. The van der Waals surface area contributed by atoms with Gasteiger partial charge < -0.3 is 20.2 Å². The van der Waals surface area contributed by atoms with Gasteiger partial charge in [0.1, 0.15) is 0 Å². The van der Waals surface area contributed by atoms with Crippen molar-refractivity contribution in [2.75, 3.05) is 19.8 Å². The van der Waals surface area contributed by atoms with E-state index in [1.165, 1.54) is 10.9 Å². The van der Waals surface area contributed by atoms with E-state index >= 15 is 0 Å². The molecule has 1 fully saturated rings. The molecule has 0 amide bonds. The van der Waals surface area contributed by atoms with Gasteiger partial charge in [0.25, 0.3) is 0 Å². The zero-order valence-corrected chi connectivity index (χ0v) is 10.3. The third kappa shape index (κ3) is 2.03. The number of nitrogens with one attached hydrogen (secondary N) is 1. The van der Waals surface area contributed by atoms with Crippen LogP contribution in [0.1, 0.15) is 12.0 Å². The summed E-state index contributed by atoms with van der Waals surface area (Å²) in [5.74, 6) is -0.528. The average molecular weight is 246 g/mol. The zero-order valence-electron chi connectivity index (χ0n) is 10.3. The number of nitrogens with two attached hydrogens (primary N) is 1. The molecule has 1 aromatic heterocycles. The molecular weight excluding hydrogens is 228 g/mol. The van der Waals surface area contributed by atoms with Crippen molar-refractivity contribution in [2.45, 2.75) is 18.6 Å². The van der Waals surface area contributed by atoms with E-state index < -0.39 is 5.79 Å². The molecule has 0 spiro atoms. The Kier molecular flexibility index (Phi) is 3.07. The van der Waals surface area contributed by atoms with E-state index in [1.807, 2.05) is 18.3 Å². The Bertz CT molecular complexity index is 529. The maximum Gasteiger partial charge on any atom is 0.173 e. The minimum absolute atomic E-state index is 0.528. The summed E-state index contributed by atoms with van der Waals surface area (Å²) in [6.45, 7) is 1.88. The van der Waals surface area contributed by atoms with Crippen molar-refractivity contribution >= 4 is 10.9 Å². The first-order chi connectivity index (χ1) is 8.83. The normalized spacial score (nSPS) is 18.5. The summed E-state index contributed by atoms with van der Waals surface area (Å²) in [4.78, 5) is 3.28. The minimum atomic E-state index is -0.528. The largest absolute Gasteiger partial charge is 0.361 e. The molecule has 0 aliphatic carbocycles. The molecule has 1 saturated heterocycles. The second-order valence-electron chi connectivity index (χ2n) is 4.68. The van der Waals surface area contributed by atoms with E-state index in [0.717, 1.165) is 18.4 Å². The first kappa shape index (κ1) is 11.7. The van der Waals surface area contributed by atoms with Gasteiger partial charge in [0, 0.05) is 29.9 Å². The van der Waals surface area contributed by atoms with E-state index in [9.17, 15) is 0 Å². The summed E-state index contributed by atoms with van der Waals surface area (Å²) in [7, 11) is 0. The van der Waals surface area contributed by atoms with Crippen molar-refractivity contribution in [1.82, 2.24) is 4.98 Å². The lowest BCUT2D eigenvalue weighted by atomic mass is 10.0. The Morgan fingerprint density at radius 2 is 2.00 bits per heavy atom. The second-order valence-corrected chi connectivity index (χ2v) is 4.68. The lowest BCUT2D eigenvalue weighted by molar-refractivity contribution is -0.158. The fourth-order valence-electron chi connectivity index (χ4n) is 2.62. The number of benzene rings is 1. The van der Waals surface area contributed by atoms with Crippen LogP contribution in [-0.2, 0) is 15.9 Å². The van der Waals surface area contributed by atoms with Gasteiger partial charge in [-0.15, -0.1) is 0 Å². The Morgan fingerprint density at radius 3 is 2.78 bits per heavy atom. The molecule has 0 unspecified atom stereocenters. The maximum atomic E-state index is 5.79. The Balaban J connectivity index is 1.90. The highest BCUT2D eigenvalue weighted by atomic mass is 16.7. The van der Waals surface area contributed by atoms with Crippen LogP contribution in [0, 0.1) is 0 Å². The fourth-order valence-corrected chi connectivity index (χ4v) is 2.62. The van der Waals surface area contributed by atoms with Gasteiger partial charge in [-0.3, -0.25) is 0 Å². The number of H-pyrrole nitrogens is 1. The highest BCUT2D eigenvalue weighted by Crippen LogP contribution is 2.30. The lowest BCUT2D eigenvalue weighted by Gasteiger charge is -2.26. The molecule has 1 aliphatic rings. The van der Waals surface area contributed by atoms with Crippen LogP contribution in [0.2, 0.25) is 0 Å². The number of rotatable bonds is 4. The van der Waals surface area contributed by atoms with Crippen molar-refractivity contribution in [3.63, 3.8) is 0 Å². The molecule has 4 nitrogen and oxygen atoms in total. The van der Waals surface area contributed by atoms with E-state index in [4.69, 9.17) is 15.2 Å². The first-order valence-corrected chi connectivity index (χ1v) is 6.36. The van der Waals surface area contributed by atoms with Crippen LogP contribution in [0.3, 0.4) is 0 Å². The smallest absolute Gasteiger partial charge is 0.173 e. The standard InChI is InChI=1S/C14H18N2O2/c15-6-5-14(17-7-8-18-14)9-11-10-16-13-4-2-1-3-12(11)13/h1-4,10,16H,5-9,15H2. The Hall–Kier alpha value is -1.36. The van der Waals surface area contributed by atoms with Gasteiger partial charge in [0.05, 0.1) is 13.2 Å². The van der Waals surface area contributed by atoms with Crippen LogP contribution < -0.4 is 5.73 Å². The number of hydrogen-bond donors (Lipinski definition) is 2. The van der Waals surface area contributed by atoms with Gasteiger partial charge in [-0.2, -0.15) is 0 Å². The zero-order chi connectivity index (χ0) is 12.4. The van der Waals surface area contributed by atoms with E-state index in [0.29, 0.717) is 19.8 Å². The highest BCUT2D eigenvalue weighted by molar-refractivity contribution is 5.83. The molecule has 1 aromatic carbocycles. The van der Waals surface area contributed by atoms with Crippen molar-refractivity contribution in [1.29, 1.82) is 0 Å². The number of aromatic nitrogens is 1. The maximum absolute atomic E-state index is 5.79. The van der Waals surface area contributed by atoms with Crippen LogP contribution in [0.4, 0.5) is 0 Å². The van der Waals surface area contributed by atoms with E-state index in [-0.39, 0.29) is 0 Å². The molecule has 1 aliphatic heterocycles. The van der Waals surface area contributed by atoms with Gasteiger partial charge in [-0.25, -0.2) is 0 Å². The molecule has 2 aromatic rings. The summed E-state index contributed by atoms with van der Waals surface area (Å²) >= 11 is 0. The molecular formula is C14H18N2O2. The summed E-state index contributed by atoms with van der Waals surface area (Å²) in [6.07, 6.45) is 3.51. The molecule has 3 N–H and O–H groups in total. The number of fused-ring (bicyclic) bond motifs is 1. The third-order valence-electron chi connectivity index (χ3n) is 3.47. The highest BCUT2D eigenvalue weighted by Gasteiger charge is 2.36. The van der Waals surface area contributed by atoms with Crippen LogP contribution in [0.25, 0.3) is 10.9 Å². The average Bonchev–Trinajstić information content (AvgIpc) is 2.99. The predicted molar refractivity (Wildman–Crippen MR) is 70.3 cm³/mol. The Labute approximate surface area is 106 Å². The van der Waals surface area contributed by atoms with Crippen LogP contribution in [0.5, 0.6) is 0 Å². The molecule has 0 bridgehead atoms. The van der Waals surface area contributed by atoms with Crippen molar-refractivity contribution in [2.24, 2.45) is 5.73 Å². The summed E-state index contributed by atoms with van der Waals surface area (Å²) in [5.41, 5.74) is 8.04. The van der Waals surface area contributed by atoms with Crippen molar-refractivity contribution in [3.8, 4) is 0 Å². The number of para-hydroxylation sites is 1. The monoisotopic (exact) mass is 246 g/mol. The van der Waals surface area contributed by atoms with Crippen LogP contribution in [-0.4, -0.2) is 30.5 Å². The molecule has 18 heavy (non-hydrogen) atoms. The molecule has 2 heterocycles. The SMILES string of the molecule is NCCC1(Cc2c[nH]c3ccccc23)OCCO1. The topological polar surface area (TPSA) is 60.3 Å². The number of aromatic amines is 1. The number of ether oxygens (including phenoxy) is 2. The van der Waals surface area contributed by atoms with Crippen LogP contribution >= 0.6 is 0 Å². The second kappa shape index (κ2) is 4.72. The minimum Gasteiger partial charge on any atom is -0.361 e. The lowest BCUT2D eigenvalue weighted by Crippen LogP contribution is -2.35. The molecule has 0 atom stereocenters. The van der Waals surface area contributed by atoms with Crippen molar-refractivity contribution < 1.29 is 9.47 Å².